The summed E-state index contributed by atoms with van der Waals surface area (Å²) in [6, 6.07) is 7.69. The highest BCUT2D eigenvalue weighted by atomic mass is 16.2. The molecule has 1 aliphatic carbocycles. The topological polar surface area (TPSA) is 49.4 Å². The molecule has 0 unspecified atom stereocenters. The van der Waals surface area contributed by atoms with Crippen LogP contribution in [-0.2, 0) is 16.0 Å². The molecule has 4 heteroatoms. The van der Waals surface area contributed by atoms with Gasteiger partial charge in [0.15, 0.2) is 0 Å². The van der Waals surface area contributed by atoms with Gasteiger partial charge in [-0.05, 0) is 43.4 Å². The fourth-order valence-electron chi connectivity index (χ4n) is 3.39. The van der Waals surface area contributed by atoms with Gasteiger partial charge in [0.05, 0.1) is 6.42 Å². The fourth-order valence-corrected chi connectivity index (χ4v) is 3.39. The lowest BCUT2D eigenvalue weighted by Crippen LogP contribution is -2.29. The van der Waals surface area contributed by atoms with E-state index in [1.54, 1.807) is 0 Å². The number of amides is 2. The van der Waals surface area contributed by atoms with Crippen molar-refractivity contribution in [2.45, 2.75) is 44.9 Å². The largest absolute Gasteiger partial charge is 0.342 e. The molecule has 1 saturated heterocycles. The van der Waals surface area contributed by atoms with Gasteiger partial charge >= 0.3 is 0 Å². The van der Waals surface area contributed by atoms with Crippen molar-refractivity contribution in [3.05, 3.63) is 29.8 Å². The predicted octanol–water partition coefficient (Wildman–Crippen LogP) is 2.98. The number of hydrogen-bond donors (Lipinski definition) is 1. The van der Waals surface area contributed by atoms with E-state index in [1.807, 2.05) is 29.2 Å². The quantitative estimate of drug-likeness (QED) is 0.929. The van der Waals surface area contributed by atoms with E-state index in [4.69, 9.17) is 0 Å². The van der Waals surface area contributed by atoms with Crippen molar-refractivity contribution < 1.29 is 9.59 Å². The summed E-state index contributed by atoms with van der Waals surface area (Å²) in [7, 11) is 0. The Bertz CT molecular complexity index is 478. The molecule has 3 rings (SSSR count). The van der Waals surface area contributed by atoms with Crippen LogP contribution >= 0.6 is 0 Å². The van der Waals surface area contributed by atoms with E-state index in [9.17, 15) is 9.59 Å². The van der Waals surface area contributed by atoms with Crippen LogP contribution in [0.15, 0.2) is 24.3 Å². The molecule has 0 aromatic heterocycles. The van der Waals surface area contributed by atoms with Gasteiger partial charge in [0.25, 0.3) is 0 Å². The molecule has 118 valence electrons. The van der Waals surface area contributed by atoms with E-state index in [1.165, 1.54) is 0 Å². The van der Waals surface area contributed by atoms with Crippen LogP contribution in [0.2, 0.25) is 0 Å². The number of nitrogens with zero attached hydrogens (tertiary/aromatic N) is 1. The highest BCUT2D eigenvalue weighted by molar-refractivity contribution is 5.92. The maximum Gasteiger partial charge on any atom is 0.227 e. The van der Waals surface area contributed by atoms with E-state index >= 15 is 0 Å². The third-order valence-electron chi connectivity index (χ3n) is 4.76. The molecule has 1 aromatic carbocycles. The van der Waals surface area contributed by atoms with E-state index in [2.05, 4.69) is 5.32 Å². The zero-order valence-electron chi connectivity index (χ0n) is 13.0. The smallest absolute Gasteiger partial charge is 0.227 e. The number of benzene rings is 1. The maximum atomic E-state index is 12.1. The van der Waals surface area contributed by atoms with Crippen LogP contribution < -0.4 is 5.32 Å². The summed E-state index contributed by atoms with van der Waals surface area (Å²) < 4.78 is 0. The summed E-state index contributed by atoms with van der Waals surface area (Å²) in [5, 5.41) is 2.99. The van der Waals surface area contributed by atoms with Crippen LogP contribution in [0.3, 0.4) is 0 Å². The normalized spacial score (nSPS) is 18.6. The standard InChI is InChI=1S/C18H24N2O2/c21-17(20-11-3-4-12-20)13-14-7-9-16(10-8-14)19-18(22)15-5-1-2-6-15/h7-10,15H,1-6,11-13H2,(H,19,22). The monoisotopic (exact) mass is 300 g/mol. The Labute approximate surface area is 131 Å². The Kier molecular flexibility index (Phi) is 4.76. The molecule has 1 heterocycles. The Balaban J connectivity index is 1.53. The lowest BCUT2D eigenvalue weighted by molar-refractivity contribution is -0.129. The van der Waals surface area contributed by atoms with Gasteiger partial charge in [-0.15, -0.1) is 0 Å². The lowest BCUT2D eigenvalue weighted by atomic mass is 10.1. The van der Waals surface area contributed by atoms with Crippen molar-refractivity contribution in [1.82, 2.24) is 4.90 Å². The number of rotatable bonds is 4. The van der Waals surface area contributed by atoms with Crippen LogP contribution in [0, 0.1) is 5.92 Å². The minimum absolute atomic E-state index is 0.137. The maximum absolute atomic E-state index is 12.1. The lowest BCUT2D eigenvalue weighted by Gasteiger charge is -2.15. The van der Waals surface area contributed by atoms with Crippen LogP contribution in [0.5, 0.6) is 0 Å². The Hall–Kier alpha value is -1.84. The van der Waals surface area contributed by atoms with Crippen molar-refractivity contribution in [3.63, 3.8) is 0 Å². The molecule has 4 nitrogen and oxygen atoms in total. The molecule has 1 saturated carbocycles. The zero-order valence-corrected chi connectivity index (χ0v) is 13.0. The van der Waals surface area contributed by atoms with Crippen molar-refractivity contribution in [2.24, 2.45) is 5.92 Å². The van der Waals surface area contributed by atoms with E-state index in [0.29, 0.717) is 6.42 Å². The molecule has 0 atom stereocenters. The molecule has 0 spiro atoms. The van der Waals surface area contributed by atoms with Crippen LogP contribution in [0.1, 0.15) is 44.1 Å². The predicted molar refractivity (Wildman–Crippen MR) is 86.5 cm³/mol. The minimum atomic E-state index is 0.137. The molecule has 2 aliphatic rings. The summed E-state index contributed by atoms with van der Waals surface area (Å²) in [4.78, 5) is 26.1. The molecule has 2 amide bonds. The van der Waals surface area contributed by atoms with Crippen molar-refractivity contribution in [3.8, 4) is 0 Å². The van der Waals surface area contributed by atoms with Gasteiger partial charge in [0.1, 0.15) is 0 Å². The van der Waals surface area contributed by atoms with Gasteiger partial charge in [-0.2, -0.15) is 0 Å². The summed E-state index contributed by atoms with van der Waals surface area (Å²) in [5.41, 5.74) is 1.84. The highest BCUT2D eigenvalue weighted by Crippen LogP contribution is 2.26. The first-order chi connectivity index (χ1) is 10.7. The van der Waals surface area contributed by atoms with E-state index < -0.39 is 0 Å². The molecule has 1 aromatic rings. The average Bonchev–Trinajstić information content (AvgIpc) is 3.23. The molecule has 0 bridgehead atoms. The molecular formula is C18H24N2O2. The number of likely N-dealkylation sites (tertiary alicyclic amines) is 1. The van der Waals surface area contributed by atoms with E-state index in [0.717, 1.165) is 62.9 Å². The number of nitrogens with one attached hydrogen (secondary N) is 1. The first-order valence-corrected chi connectivity index (χ1v) is 8.40. The Morgan fingerprint density at radius 3 is 2.27 bits per heavy atom. The van der Waals surface area contributed by atoms with Gasteiger partial charge in [0.2, 0.25) is 11.8 Å². The molecule has 22 heavy (non-hydrogen) atoms. The molecule has 2 fully saturated rings. The van der Waals surface area contributed by atoms with E-state index in [-0.39, 0.29) is 17.7 Å². The first kappa shape index (κ1) is 15.1. The zero-order chi connectivity index (χ0) is 15.4. The summed E-state index contributed by atoms with van der Waals surface area (Å²) >= 11 is 0. The summed E-state index contributed by atoms with van der Waals surface area (Å²) in [5.74, 6) is 0.523. The SMILES string of the molecule is O=C(Nc1ccc(CC(=O)N2CCCC2)cc1)C1CCCC1. The van der Waals surface area contributed by atoms with Crippen molar-refractivity contribution in [1.29, 1.82) is 0 Å². The third kappa shape index (κ3) is 3.67. The number of hydrogen-bond acceptors (Lipinski definition) is 2. The number of anilines is 1. The molecule has 1 aliphatic heterocycles. The number of carbonyl (C=O) groups excluding carboxylic acids is 2. The van der Waals surface area contributed by atoms with Gasteiger partial charge in [-0.1, -0.05) is 25.0 Å². The van der Waals surface area contributed by atoms with Crippen molar-refractivity contribution >= 4 is 17.5 Å². The van der Waals surface area contributed by atoms with Crippen LogP contribution in [0.25, 0.3) is 0 Å². The van der Waals surface area contributed by atoms with Crippen molar-refractivity contribution in [2.75, 3.05) is 18.4 Å². The second-order valence-corrected chi connectivity index (χ2v) is 6.43. The van der Waals surface area contributed by atoms with Gasteiger partial charge in [0, 0.05) is 24.7 Å². The van der Waals surface area contributed by atoms with Gasteiger partial charge < -0.3 is 10.2 Å². The molecule has 0 radical (unpaired) electrons. The first-order valence-electron chi connectivity index (χ1n) is 8.40. The third-order valence-corrected chi connectivity index (χ3v) is 4.76. The highest BCUT2D eigenvalue weighted by Gasteiger charge is 2.22. The van der Waals surface area contributed by atoms with Gasteiger partial charge in [-0.3, -0.25) is 9.59 Å². The Morgan fingerprint density at radius 1 is 1.00 bits per heavy atom. The summed E-state index contributed by atoms with van der Waals surface area (Å²) in [6.45, 7) is 1.79. The average molecular weight is 300 g/mol. The minimum Gasteiger partial charge on any atom is -0.342 e. The second-order valence-electron chi connectivity index (χ2n) is 6.43. The van der Waals surface area contributed by atoms with Crippen LogP contribution in [0.4, 0.5) is 5.69 Å². The van der Waals surface area contributed by atoms with Crippen LogP contribution in [-0.4, -0.2) is 29.8 Å². The Morgan fingerprint density at radius 2 is 1.64 bits per heavy atom. The molecule has 1 N–H and O–H groups in total. The molecular weight excluding hydrogens is 276 g/mol. The second kappa shape index (κ2) is 6.95. The van der Waals surface area contributed by atoms with Gasteiger partial charge in [-0.25, -0.2) is 0 Å². The number of carbonyl (C=O) groups is 2. The summed E-state index contributed by atoms with van der Waals surface area (Å²) in [6.07, 6.45) is 7.04. The fraction of sp³-hybridized carbons (Fsp3) is 0.556.